The minimum Gasteiger partial charge on any atom is -0.496 e. The van der Waals surface area contributed by atoms with E-state index >= 15 is 0 Å². The quantitative estimate of drug-likeness (QED) is 0.856. The van der Waals surface area contributed by atoms with E-state index in [1.807, 2.05) is 12.1 Å². The van der Waals surface area contributed by atoms with Gasteiger partial charge in [0.15, 0.2) is 0 Å². The smallest absolute Gasteiger partial charge is 0.123 e. The van der Waals surface area contributed by atoms with Gasteiger partial charge in [0.25, 0.3) is 0 Å². The van der Waals surface area contributed by atoms with Crippen LogP contribution in [0, 0.1) is 5.92 Å². The molecule has 0 bridgehead atoms. The Morgan fingerprint density at radius 2 is 2.05 bits per heavy atom. The largest absolute Gasteiger partial charge is 0.496 e. The van der Waals surface area contributed by atoms with Crippen molar-refractivity contribution in [1.29, 1.82) is 0 Å². The van der Waals surface area contributed by atoms with E-state index in [9.17, 15) is 0 Å². The number of nitrogens with zero attached hydrogens (tertiary/aromatic N) is 1. The first-order chi connectivity index (χ1) is 9.13. The summed E-state index contributed by atoms with van der Waals surface area (Å²) in [5.74, 6) is 1.78. The molecule has 1 saturated carbocycles. The molecule has 19 heavy (non-hydrogen) atoms. The van der Waals surface area contributed by atoms with Crippen molar-refractivity contribution in [3.05, 3.63) is 29.8 Å². The zero-order valence-electron chi connectivity index (χ0n) is 12.3. The maximum Gasteiger partial charge on any atom is 0.123 e. The second-order valence-corrected chi connectivity index (χ2v) is 5.78. The lowest BCUT2D eigenvalue weighted by Gasteiger charge is -2.37. The molecule has 1 fully saturated rings. The van der Waals surface area contributed by atoms with Gasteiger partial charge in [-0.15, -0.1) is 0 Å². The van der Waals surface area contributed by atoms with Crippen LogP contribution in [0.4, 0.5) is 0 Å². The summed E-state index contributed by atoms with van der Waals surface area (Å²) in [4.78, 5) is 2.40. The van der Waals surface area contributed by atoms with E-state index in [1.54, 1.807) is 7.11 Å². The van der Waals surface area contributed by atoms with E-state index in [0.29, 0.717) is 0 Å². The maximum atomic E-state index is 6.23. The molecule has 1 aliphatic carbocycles. The molecule has 2 N–H and O–H groups in total. The molecule has 1 aromatic rings. The number of ether oxygens (including phenoxy) is 1. The Morgan fingerprint density at radius 3 is 2.58 bits per heavy atom. The van der Waals surface area contributed by atoms with Gasteiger partial charge in [-0.25, -0.2) is 0 Å². The molecule has 1 aliphatic rings. The molecule has 0 radical (unpaired) electrons. The van der Waals surface area contributed by atoms with Gasteiger partial charge < -0.3 is 10.5 Å². The van der Waals surface area contributed by atoms with Crippen molar-refractivity contribution in [2.45, 2.75) is 38.3 Å². The first-order valence-electron chi connectivity index (χ1n) is 7.22. The van der Waals surface area contributed by atoms with E-state index in [4.69, 9.17) is 10.5 Å². The molecule has 2 rings (SSSR count). The summed E-state index contributed by atoms with van der Waals surface area (Å²) in [5.41, 5.74) is 7.43. The van der Waals surface area contributed by atoms with E-state index in [1.165, 1.54) is 24.8 Å². The van der Waals surface area contributed by atoms with Gasteiger partial charge in [0.1, 0.15) is 5.75 Å². The molecule has 2 atom stereocenters. The Hall–Kier alpha value is -1.06. The lowest BCUT2D eigenvalue weighted by Crippen LogP contribution is -2.40. The Kier molecular flexibility index (Phi) is 4.83. The summed E-state index contributed by atoms with van der Waals surface area (Å²) in [6.07, 6.45) is 4.11. The fourth-order valence-corrected chi connectivity index (χ4v) is 3.03. The highest BCUT2D eigenvalue weighted by Crippen LogP contribution is 2.33. The second kappa shape index (κ2) is 6.40. The van der Waals surface area contributed by atoms with Crippen LogP contribution in [0.15, 0.2) is 24.3 Å². The molecule has 0 saturated heterocycles. The van der Waals surface area contributed by atoms with E-state index < -0.39 is 0 Å². The number of methoxy groups -OCH3 is 1. The first-order valence-corrected chi connectivity index (χ1v) is 7.22. The average Bonchev–Trinajstić information content (AvgIpc) is 2.34. The van der Waals surface area contributed by atoms with Crippen LogP contribution in [0.25, 0.3) is 0 Å². The molecular weight excluding hydrogens is 236 g/mol. The molecular formula is C16H26N2O. The highest BCUT2D eigenvalue weighted by atomic mass is 16.5. The van der Waals surface area contributed by atoms with Crippen molar-refractivity contribution in [3.63, 3.8) is 0 Å². The summed E-state index contributed by atoms with van der Waals surface area (Å²) < 4.78 is 5.49. The number of para-hydroxylation sites is 1. The summed E-state index contributed by atoms with van der Waals surface area (Å²) in [7, 11) is 3.90. The number of likely N-dealkylation sites (N-methyl/N-ethyl adjacent to an activating group) is 1. The van der Waals surface area contributed by atoms with E-state index in [2.05, 4.69) is 31.0 Å². The van der Waals surface area contributed by atoms with Crippen molar-refractivity contribution in [1.82, 2.24) is 4.90 Å². The molecule has 0 amide bonds. The third-order valence-electron chi connectivity index (χ3n) is 4.20. The van der Waals surface area contributed by atoms with Gasteiger partial charge in [0, 0.05) is 18.2 Å². The number of hydrogen-bond donors (Lipinski definition) is 1. The molecule has 0 heterocycles. The molecule has 0 aliphatic heterocycles. The Balaban J connectivity index is 2.18. The average molecular weight is 262 g/mol. The number of nitrogens with two attached hydrogens (primary N) is 1. The Labute approximate surface area is 116 Å². The normalized spacial score (nSPS) is 19.0. The van der Waals surface area contributed by atoms with E-state index in [-0.39, 0.29) is 12.1 Å². The summed E-state index contributed by atoms with van der Waals surface area (Å²) in [6, 6.07) is 8.52. The van der Waals surface area contributed by atoms with Crippen molar-refractivity contribution < 1.29 is 4.74 Å². The van der Waals surface area contributed by atoms with Crippen LogP contribution in [0.2, 0.25) is 0 Å². The van der Waals surface area contributed by atoms with Crippen molar-refractivity contribution in [3.8, 4) is 5.75 Å². The lowest BCUT2D eigenvalue weighted by molar-refractivity contribution is 0.147. The van der Waals surface area contributed by atoms with Crippen molar-refractivity contribution in [2.75, 3.05) is 20.7 Å². The molecule has 1 aromatic carbocycles. The van der Waals surface area contributed by atoms with Crippen LogP contribution in [-0.2, 0) is 0 Å². The number of benzene rings is 1. The van der Waals surface area contributed by atoms with Gasteiger partial charge in [-0.1, -0.05) is 24.6 Å². The topological polar surface area (TPSA) is 38.5 Å². The monoisotopic (exact) mass is 262 g/mol. The fraction of sp³-hybridized carbons (Fsp3) is 0.625. The van der Waals surface area contributed by atoms with Crippen molar-refractivity contribution in [2.24, 2.45) is 11.7 Å². The molecule has 106 valence electrons. The van der Waals surface area contributed by atoms with Gasteiger partial charge in [-0.3, -0.25) is 4.90 Å². The van der Waals surface area contributed by atoms with Gasteiger partial charge >= 0.3 is 0 Å². The molecule has 3 heteroatoms. The third kappa shape index (κ3) is 3.28. The minimum absolute atomic E-state index is 0.0846. The van der Waals surface area contributed by atoms with Crippen LogP contribution in [0.5, 0.6) is 5.75 Å². The molecule has 0 spiro atoms. The van der Waals surface area contributed by atoms with Crippen LogP contribution in [0.1, 0.15) is 37.8 Å². The van der Waals surface area contributed by atoms with Gasteiger partial charge in [-0.05, 0) is 38.8 Å². The van der Waals surface area contributed by atoms with Crippen LogP contribution >= 0.6 is 0 Å². The first kappa shape index (κ1) is 14.4. The van der Waals surface area contributed by atoms with Crippen molar-refractivity contribution >= 4 is 0 Å². The van der Waals surface area contributed by atoms with E-state index in [0.717, 1.165) is 18.2 Å². The number of hydrogen-bond acceptors (Lipinski definition) is 3. The Morgan fingerprint density at radius 1 is 1.37 bits per heavy atom. The highest BCUT2D eigenvalue weighted by Gasteiger charge is 2.27. The fourth-order valence-electron chi connectivity index (χ4n) is 3.03. The SMILES string of the molecule is COc1ccccc1C(C(C)N)N(C)CC1CCC1. The predicted molar refractivity (Wildman–Crippen MR) is 79.4 cm³/mol. The maximum absolute atomic E-state index is 6.23. The van der Waals surface area contributed by atoms with Crippen LogP contribution in [-0.4, -0.2) is 31.6 Å². The highest BCUT2D eigenvalue weighted by molar-refractivity contribution is 5.36. The summed E-state index contributed by atoms with van der Waals surface area (Å²) >= 11 is 0. The standard InChI is InChI=1S/C16H26N2O/c1-12(17)16(18(2)11-13-7-6-8-13)14-9-4-5-10-15(14)19-3/h4-5,9-10,12-13,16H,6-8,11,17H2,1-3H3. The Bertz CT molecular complexity index is 401. The zero-order valence-corrected chi connectivity index (χ0v) is 12.3. The molecule has 2 unspecified atom stereocenters. The summed E-state index contributed by atoms with van der Waals surface area (Å²) in [6.45, 7) is 3.21. The van der Waals surface area contributed by atoms with Crippen LogP contribution < -0.4 is 10.5 Å². The summed E-state index contributed by atoms with van der Waals surface area (Å²) in [5, 5.41) is 0. The minimum atomic E-state index is 0.0846. The molecule has 3 nitrogen and oxygen atoms in total. The predicted octanol–water partition coefficient (Wildman–Crippen LogP) is 2.82. The van der Waals surface area contributed by atoms with Gasteiger partial charge in [0.05, 0.1) is 13.2 Å². The number of rotatable bonds is 6. The second-order valence-electron chi connectivity index (χ2n) is 5.78. The van der Waals surface area contributed by atoms with Gasteiger partial charge in [-0.2, -0.15) is 0 Å². The lowest BCUT2D eigenvalue weighted by atomic mass is 9.84. The van der Waals surface area contributed by atoms with Crippen LogP contribution in [0.3, 0.4) is 0 Å². The van der Waals surface area contributed by atoms with Gasteiger partial charge in [0.2, 0.25) is 0 Å². The molecule has 0 aromatic heterocycles. The zero-order chi connectivity index (χ0) is 13.8. The third-order valence-corrected chi connectivity index (χ3v) is 4.20.